The number of pyridine rings is 1. The summed E-state index contributed by atoms with van der Waals surface area (Å²) in [4.78, 5) is 34.7. The number of thiazole rings is 1. The molecular weight excluding hydrogens is 538 g/mol. The van der Waals surface area contributed by atoms with Crippen molar-refractivity contribution in [1.82, 2.24) is 14.9 Å². The van der Waals surface area contributed by atoms with Crippen molar-refractivity contribution in [2.75, 3.05) is 26.3 Å². The number of likely N-dealkylation sites (tertiary alicyclic amines) is 1. The van der Waals surface area contributed by atoms with Gasteiger partial charge in [0.15, 0.2) is 0 Å². The Hall–Kier alpha value is -2.96. The number of aromatic nitrogens is 2. The third kappa shape index (κ3) is 5.17. The molecule has 0 bridgehead atoms. The molecule has 0 atom stereocenters. The average Bonchev–Trinajstić information content (AvgIpc) is 3.58. The van der Waals surface area contributed by atoms with Gasteiger partial charge in [-0.3, -0.25) is 9.69 Å². The van der Waals surface area contributed by atoms with Crippen LogP contribution in [0.15, 0.2) is 30.3 Å². The number of benzene rings is 1. The zero-order chi connectivity index (χ0) is 27.4. The SMILES string of the molecule is O=C(OC(=O)C(F)(F)F)C1CN(Cc2ccc(-c3nc4ccc(C5(C6CCOCC6)CC5)nc4s3)c(F)c2)C1. The molecule has 206 valence electrons. The molecule has 0 unspecified atom stereocenters. The lowest BCUT2D eigenvalue weighted by Crippen LogP contribution is -2.51. The Morgan fingerprint density at radius 2 is 1.85 bits per heavy atom. The summed E-state index contributed by atoms with van der Waals surface area (Å²) in [5.41, 5.74) is 2.95. The first-order valence-corrected chi connectivity index (χ1v) is 13.6. The molecule has 3 fully saturated rings. The number of halogens is 4. The molecule has 12 heteroatoms. The van der Waals surface area contributed by atoms with Crippen LogP contribution in [0.2, 0.25) is 0 Å². The molecule has 1 aromatic carbocycles. The fraction of sp³-hybridized carbons (Fsp3) is 0.481. The van der Waals surface area contributed by atoms with E-state index in [2.05, 4.69) is 15.8 Å². The molecule has 0 spiro atoms. The molecule has 2 aromatic heterocycles. The highest BCUT2D eigenvalue weighted by atomic mass is 32.1. The second-order valence-electron chi connectivity index (χ2n) is 10.5. The lowest BCUT2D eigenvalue weighted by molar-refractivity contribution is -0.204. The van der Waals surface area contributed by atoms with Crippen LogP contribution in [0.5, 0.6) is 0 Å². The van der Waals surface area contributed by atoms with Gasteiger partial charge in [0.25, 0.3) is 0 Å². The molecule has 39 heavy (non-hydrogen) atoms. The first kappa shape index (κ1) is 26.3. The molecule has 1 aliphatic carbocycles. The van der Waals surface area contributed by atoms with Gasteiger partial charge >= 0.3 is 18.1 Å². The minimum atomic E-state index is -5.22. The zero-order valence-electron chi connectivity index (χ0n) is 20.8. The van der Waals surface area contributed by atoms with Crippen molar-refractivity contribution in [1.29, 1.82) is 0 Å². The van der Waals surface area contributed by atoms with Gasteiger partial charge in [0.1, 0.15) is 21.2 Å². The molecule has 6 rings (SSSR count). The molecule has 1 saturated carbocycles. The summed E-state index contributed by atoms with van der Waals surface area (Å²) >= 11 is 1.36. The largest absolute Gasteiger partial charge is 0.491 e. The highest BCUT2D eigenvalue weighted by molar-refractivity contribution is 7.21. The van der Waals surface area contributed by atoms with Crippen molar-refractivity contribution in [3.8, 4) is 10.6 Å². The molecular formula is C27H25F4N3O4S. The number of esters is 2. The van der Waals surface area contributed by atoms with Crippen molar-refractivity contribution < 1.29 is 36.6 Å². The average molecular weight is 564 g/mol. The van der Waals surface area contributed by atoms with Gasteiger partial charge in [0, 0.05) is 49.5 Å². The third-order valence-electron chi connectivity index (χ3n) is 7.94. The highest BCUT2D eigenvalue weighted by Crippen LogP contribution is 2.56. The van der Waals surface area contributed by atoms with Crippen LogP contribution in [-0.2, 0) is 31.0 Å². The monoisotopic (exact) mass is 563 g/mol. The summed E-state index contributed by atoms with van der Waals surface area (Å²) in [6, 6.07) is 8.83. The van der Waals surface area contributed by atoms with Gasteiger partial charge in [-0.05, 0) is 61.4 Å². The maximum Gasteiger partial charge on any atom is 0.491 e. The summed E-state index contributed by atoms with van der Waals surface area (Å²) in [5, 5.41) is 0.538. The van der Waals surface area contributed by atoms with Crippen LogP contribution in [-0.4, -0.2) is 59.3 Å². The van der Waals surface area contributed by atoms with Crippen LogP contribution >= 0.6 is 11.3 Å². The van der Waals surface area contributed by atoms with E-state index in [4.69, 9.17) is 9.72 Å². The van der Waals surface area contributed by atoms with Crippen LogP contribution in [0, 0.1) is 17.7 Å². The van der Waals surface area contributed by atoms with Crippen LogP contribution in [0.25, 0.3) is 20.9 Å². The topological polar surface area (TPSA) is 81.6 Å². The smallest absolute Gasteiger partial charge is 0.386 e. The Bertz CT molecular complexity index is 1430. The van der Waals surface area contributed by atoms with Crippen LogP contribution < -0.4 is 0 Å². The van der Waals surface area contributed by atoms with E-state index in [0.717, 1.165) is 54.9 Å². The van der Waals surface area contributed by atoms with Gasteiger partial charge in [0.05, 0.1) is 5.92 Å². The van der Waals surface area contributed by atoms with E-state index >= 15 is 4.39 Å². The number of fused-ring (bicyclic) bond motifs is 1. The maximum absolute atomic E-state index is 15.1. The second-order valence-corrected chi connectivity index (χ2v) is 11.5. The van der Waals surface area contributed by atoms with Crippen molar-refractivity contribution >= 4 is 33.6 Å². The molecule has 3 aliphatic rings. The van der Waals surface area contributed by atoms with E-state index in [-0.39, 0.29) is 18.5 Å². The first-order valence-electron chi connectivity index (χ1n) is 12.8. The van der Waals surface area contributed by atoms with Gasteiger partial charge in [-0.25, -0.2) is 19.2 Å². The van der Waals surface area contributed by atoms with Gasteiger partial charge in [-0.2, -0.15) is 13.2 Å². The zero-order valence-corrected chi connectivity index (χ0v) is 21.6. The molecule has 2 aliphatic heterocycles. The Morgan fingerprint density at radius 3 is 2.51 bits per heavy atom. The van der Waals surface area contributed by atoms with E-state index in [0.29, 0.717) is 28.6 Å². The lowest BCUT2D eigenvalue weighted by atomic mass is 9.80. The van der Waals surface area contributed by atoms with Crippen LogP contribution in [0.4, 0.5) is 17.6 Å². The van der Waals surface area contributed by atoms with Gasteiger partial charge < -0.3 is 9.47 Å². The predicted octanol–water partition coefficient (Wildman–Crippen LogP) is 5.02. The third-order valence-corrected chi connectivity index (χ3v) is 8.94. The van der Waals surface area contributed by atoms with Crippen molar-refractivity contribution in [3.05, 3.63) is 47.4 Å². The number of carbonyl (C=O) groups excluding carboxylic acids is 2. The molecule has 0 radical (unpaired) electrons. The summed E-state index contributed by atoms with van der Waals surface area (Å²) in [5.74, 6) is -4.43. The van der Waals surface area contributed by atoms with Crippen molar-refractivity contribution in [3.63, 3.8) is 0 Å². The molecule has 7 nitrogen and oxygen atoms in total. The minimum absolute atomic E-state index is 0.120. The van der Waals surface area contributed by atoms with Crippen molar-refractivity contribution in [2.24, 2.45) is 11.8 Å². The number of rotatable bonds is 6. The van der Waals surface area contributed by atoms with Gasteiger partial charge in [0.2, 0.25) is 0 Å². The molecule has 4 heterocycles. The first-order chi connectivity index (χ1) is 18.6. The van der Waals surface area contributed by atoms with E-state index in [9.17, 15) is 22.8 Å². The standard InChI is InChI=1S/C27H25F4N3O4S/c28-19-11-15(12-34-13-16(14-34)24(35)38-25(36)27(29,30)31)1-2-18(19)22-32-20-3-4-21(33-23(20)39-22)26(7-8-26)17-5-9-37-10-6-17/h1-4,11,16-17H,5-10,12-14H2. The highest BCUT2D eigenvalue weighted by Gasteiger charge is 2.52. The number of nitrogens with zero attached hydrogens (tertiary/aromatic N) is 3. The number of carbonyl (C=O) groups is 2. The lowest BCUT2D eigenvalue weighted by Gasteiger charge is -2.37. The summed E-state index contributed by atoms with van der Waals surface area (Å²) in [7, 11) is 0. The second kappa shape index (κ2) is 9.90. The van der Waals surface area contributed by atoms with Gasteiger partial charge in [-0.15, -0.1) is 0 Å². The Balaban J connectivity index is 1.10. The number of hydrogen-bond acceptors (Lipinski definition) is 8. The van der Waals surface area contributed by atoms with Crippen molar-refractivity contribution in [2.45, 2.75) is 43.8 Å². The van der Waals surface area contributed by atoms with E-state index in [1.165, 1.54) is 17.4 Å². The fourth-order valence-electron chi connectivity index (χ4n) is 5.64. The molecule has 0 N–H and O–H groups in total. The van der Waals surface area contributed by atoms with E-state index < -0.39 is 29.9 Å². The number of ether oxygens (including phenoxy) is 2. The number of alkyl halides is 3. The maximum atomic E-state index is 15.1. The number of hydrogen-bond donors (Lipinski definition) is 0. The van der Waals surface area contributed by atoms with Gasteiger partial charge in [-0.1, -0.05) is 17.4 Å². The normalized spacial score (nSPS) is 20.1. The molecule has 0 amide bonds. The summed E-state index contributed by atoms with van der Waals surface area (Å²) in [6.45, 7) is 2.13. The Morgan fingerprint density at radius 1 is 1.10 bits per heavy atom. The van der Waals surface area contributed by atoms with E-state index in [1.54, 1.807) is 17.0 Å². The Labute approximate surface area is 225 Å². The molecule has 2 saturated heterocycles. The minimum Gasteiger partial charge on any atom is -0.386 e. The van der Waals surface area contributed by atoms with Crippen LogP contribution in [0.3, 0.4) is 0 Å². The quantitative estimate of drug-likeness (QED) is 0.237. The molecule has 3 aromatic rings. The fourth-order valence-corrected chi connectivity index (χ4v) is 6.60. The summed E-state index contributed by atoms with van der Waals surface area (Å²) in [6.07, 6.45) is -0.870. The summed E-state index contributed by atoms with van der Waals surface area (Å²) < 4.78 is 61.3. The Kier molecular flexibility index (Phi) is 6.67. The van der Waals surface area contributed by atoms with E-state index in [1.807, 2.05) is 6.07 Å². The van der Waals surface area contributed by atoms with Crippen LogP contribution in [0.1, 0.15) is 36.9 Å². The predicted molar refractivity (Wildman–Crippen MR) is 133 cm³/mol.